The van der Waals surface area contributed by atoms with Gasteiger partial charge in [0.1, 0.15) is 24.7 Å². The number of carbonyl (C=O) groups excluding carboxylic acids is 3. The summed E-state index contributed by atoms with van der Waals surface area (Å²) in [6.07, 6.45) is 1.37. The van der Waals surface area contributed by atoms with Gasteiger partial charge < -0.3 is 36.9 Å². The number of nitrogens with two attached hydrogens (primary N) is 2. The van der Waals surface area contributed by atoms with Crippen molar-refractivity contribution in [3.05, 3.63) is 106 Å². The van der Waals surface area contributed by atoms with Gasteiger partial charge >= 0.3 is 6.09 Å². The first-order valence-corrected chi connectivity index (χ1v) is 16.4. The van der Waals surface area contributed by atoms with Gasteiger partial charge in [-0.3, -0.25) is 19.0 Å². The minimum absolute atomic E-state index is 0.0446. The fourth-order valence-electron chi connectivity index (χ4n) is 4.95. The monoisotopic (exact) mass is 696 g/mol. The van der Waals surface area contributed by atoms with Crippen molar-refractivity contribution in [1.82, 2.24) is 20.2 Å². The molecule has 4 rings (SSSR count). The molecule has 1 heterocycles. The predicted octanol–water partition coefficient (Wildman–Crippen LogP) is 4.21. The number of ether oxygens (including phenoxy) is 2. The molecule has 1 atom stereocenters. The molecule has 3 amide bonds. The van der Waals surface area contributed by atoms with Crippen molar-refractivity contribution < 1.29 is 23.9 Å². The van der Waals surface area contributed by atoms with Gasteiger partial charge in [0.2, 0.25) is 5.91 Å². The number of aliphatic imine (C=N–C) groups is 1. The van der Waals surface area contributed by atoms with E-state index < -0.39 is 17.6 Å². The number of aromatic nitrogens is 2. The largest absolute Gasteiger partial charge is 0.496 e. The lowest BCUT2D eigenvalue weighted by molar-refractivity contribution is -0.121. The summed E-state index contributed by atoms with van der Waals surface area (Å²) in [5, 5.41) is 8.76. The van der Waals surface area contributed by atoms with E-state index in [1.165, 1.54) is 17.9 Å². The summed E-state index contributed by atoms with van der Waals surface area (Å²) in [7, 11) is 1.46. The summed E-state index contributed by atoms with van der Waals surface area (Å²) in [6, 6.07) is 18.7. The Hall–Kier alpha value is -6.18. The summed E-state index contributed by atoms with van der Waals surface area (Å²) >= 11 is 0. The van der Waals surface area contributed by atoms with Gasteiger partial charge in [0.15, 0.2) is 5.82 Å². The second-order valence-electron chi connectivity index (χ2n) is 12.1. The molecule has 0 radical (unpaired) electrons. The lowest BCUT2D eigenvalue weighted by atomic mass is 10.1. The van der Waals surface area contributed by atoms with E-state index in [9.17, 15) is 19.2 Å². The first-order valence-electron chi connectivity index (χ1n) is 16.4. The number of methoxy groups -OCH3 is 1. The van der Waals surface area contributed by atoms with Crippen molar-refractivity contribution >= 4 is 35.2 Å². The Labute approximate surface area is 296 Å². The zero-order chi connectivity index (χ0) is 37.1. The molecular formula is C37H44N8O6. The molecule has 3 aromatic carbocycles. The van der Waals surface area contributed by atoms with Gasteiger partial charge in [0.25, 0.3) is 11.5 Å². The van der Waals surface area contributed by atoms with E-state index in [0.29, 0.717) is 39.4 Å². The van der Waals surface area contributed by atoms with Crippen LogP contribution in [0.2, 0.25) is 0 Å². The minimum atomic E-state index is -0.840. The molecule has 0 fully saturated rings. The Balaban J connectivity index is 1.53. The average Bonchev–Trinajstić information content (AvgIpc) is 3.11. The Bertz CT molecular complexity index is 1960. The first-order chi connectivity index (χ1) is 24.4. The van der Waals surface area contributed by atoms with Gasteiger partial charge in [0.05, 0.1) is 19.0 Å². The molecule has 4 aromatic rings. The quantitative estimate of drug-likeness (QED) is 0.0722. The molecule has 0 saturated heterocycles. The summed E-state index contributed by atoms with van der Waals surface area (Å²) in [6.45, 7) is 7.32. The Morgan fingerprint density at radius 1 is 1.00 bits per heavy atom. The van der Waals surface area contributed by atoms with Gasteiger partial charge in [-0.15, -0.1) is 0 Å². The van der Waals surface area contributed by atoms with E-state index in [4.69, 9.17) is 20.9 Å². The molecule has 0 aliphatic carbocycles. The van der Waals surface area contributed by atoms with Gasteiger partial charge in [-0.1, -0.05) is 49.4 Å². The van der Waals surface area contributed by atoms with Crippen LogP contribution < -0.4 is 37.7 Å². The zero-order valence-corrected chi connectivity index (χ0v) is 29.4. The Morgan fingerprint density at radius 2 is 1.75 bits per heavy atom. The predicted molar refractivity (Wildman–Crippen MR) is 197 cm³/mol. The molecule has 7 N–H and O–H groups in total. The third kappa shape index (κ3) is 10.4. The van der Waals surface area contributed by atoms with Crippen LogP contribution >= 0.6 is 0 Å². The van der Waals surface area contributed by atoms with Gasteiger partial charge in [-0.05, 0) is 57.0 Å². The van der Waals surface area contributed by atoms with E-state index in [1.54, 1.807) is 36.4 Å². The maximum Gasteiger partial charge on any atom is 0.435 e. The third-order valence-corrected chi connectivity index (χ3v) is 7.76. The number of hydrogen-bond donors (Lipinski definition) is 5. The van der Waals surface area contributed by atoms with Crippen LogP contribution in [0.15, 0.2) is 82.7 Å². The zero-order valence-electron chi connectivity index (χ0n) is 29.4. The second kappa shape index (κ2) is 17.5. The average molecular weight is 697 g/mol. The topological polar surface area (TPSA) is 205 Å². The summed E-state index contributed by atoms with van der Waals surface area (Å²) in [5.41, 5.74) is 14.9. The highest BCUT2D eigenvalue weighted by Crippen LogP contribution is 2.24. The highest BCUT2D eigenvalue weighted by Gasteiger charge is 2.19. The van der Waals surface area contributed by atoms with E-state index in [2.05, 4.69) is 25.9 Å². The molecule has 0 aliphatic heterocycles. The maximum atomic E-state index is 13.7. The van der Waals surface area contributed by atoms with Crippen LogP contribution in [-0.4, -0.2) is 52.5 Å². The Morgan fingerprint density at radius 3 is 2.43 bits per heavy atom. The number of nitrogens with zero attached hydrogens (tertiary/aromatic N) is 3. The van der Waals surface area contributed by atoms with E-state index >= 15 is 0 Å². The fraction of sp³-hybridized carbons (Fsp3) is 0.297. The molecule has 0 unspecified atom stereocenters. The number of rotatable bonds is 14. The van der Waals surface area contributed by atoms with E-state index in [0.717, 1.165) is 12.0 Å². The van der Waals surface area contributed by atoms with Crippen LogP contribution in [0, 0.1) is 0 Å². The smallest absolute Gasteiger partial charge is 0.435 e. The molecule has 1 aromatic heterocycles. The molecular weight excluding hydrogens is 652 g/mol. The third-order valence-electron chi connectivity index (χ3n) is 7.76. The summed E-state index contributed by atoms with van der Waals surface area (Å²) < 4.78 is 12.0. The van der Waals surface area contributed by atoms with Crippen LogP contribution in [0.3, 0.4) is 0 Å². The lowest BCUT2D eigenvalue weighted by Gasteiger charge is -2.18. The van der Waals surface area contributed by atoms with Crippen molar-refractivity contribution in [2.75, 3.05) is 18.2 Å². The SMILES string of the molecule is CC[C@H](C)NC(=O)c1cc(N)cc(-c2cnc(NC(C)C)c(=O)n2CC(=O)NCc2ccc(/C(N)=N/C(=O)OCc3ccccc3)cc2OC)c1. The highest BCUT2D eigenvalue weighted by atomic mass is 16.5. The van der Waals surface area contributed by atoms with Gasteiger partial charge in [-0.2, -0.15) is 4.99 Å². The van der Waals surface area contributed by atoms with Crippen molar-refractivity contribution in [2.45, 2.75) is 65.9 Å². The molecule has 14 heteroatoms. The van der Waals surface area contributed by atoms with Crippen molar-refractivity contribution in [3.8, 4) is 17.0 Å². The molecule has 268 valence electrons. The van der Waals surface area contributed by atoms with Crippen LogP contribution in [0.5, 0.6) is 5.75 Å². The van der Waals surface area contributed by atoms with Gasteiger partial charge in [0, 0.05) is 46.6 Å². The second-order valence-corrected chi connectivity index (χ2v) is 12.1. The normalized spacial score (nSPS) is 11.8. The summed E-state index contributed by atoms with van der Waals surface area (Å²) in [4.78, 5) is 60.4. The number of nitrogen functional groups attached to an aromatic ring is 1. The fourth-order valence-corrected chi connectivity index (χ4v) is 4.95. The van der Waals surface area contributed by atoms with Crippen molar-refractivity contribution in [2.24, 2.45) is 10.7 Å². The molecule has 0 saturated carbocycles. The number of anilines is 2. The standard InChI is InChI=1S/C37H44N8O6/c1-6-23(4)43-35(47)28-14-27(15-29(38)16-28)30-19-41-34(42-22(2)3)36(48)45(30)20-32(46)40-18-26-13-12-25(17-31(26)50-5)33(39)44-37(49)51-21-24-10-8-7-9-11-24/h7-17,19,22-23H,6,18,20-21,38H2,1-5H3,(H,40,46)(H,41,42)(H,43,47)(H2,39,44,49)/t23-/m0/s1. The molecule has 14 nitrogen and oxygen atoms in total. The highest BCUT2D eigenvalue weighted by molar-refractivity contribution is 6.03. The molecule has 51 heavy (non-hydrogen) atoms. The number of amidine groups is 1. The maximum absolute atomic E-state index is 13.7. The number of carbonyl (C=O) groups is 3. The molecule has 0 aliphatic rings. The van der Waals surface area contributed by atoms with Crippen molar-refractivity contribution in [1.29, 1.82) is 0 Å². The van der Waals surface area contributed by atoms with Crippen molar-refractivity contribution in [3.63, 3.8) is 0 Å². The number of benzene rings is 3. The van der Waals surface area contributed by atoms with Crippen LogP contribution in [0.4, 0.5) is 16.3 Å². The van der Waals surface area contributed by atoms with Crippen LogP contribution in [0.25, 0.3) is 11.3 Å². The number of nitrogens with one attached hydrogen (secondary N) is 3. The Kier molecular flexibility index (Phi) is 12.9. The number of hydrogen-bond acceptors (Lipinski definition) is 9. The van der Waals surface area contributed by atoms with E-state index in [1.807, 2.05) is 58.0 Å². The summed E-state index contributed by atoms with van der Waals surface area (Å²) in [5.74, 6) is -0.407. The lowest BCUT2D eigenvalue weighted by Crippen LogP contribution is -2.35. The van der Waals surface area contributed by atoms with Crippen LogP contribution in [0.1, 0.15) is 61.2 Å². The van der Waals surface area contributed by atoms with Gasteiger partial charge in [-0.25, -0.2) is 9.78 Å². The molecule has 0 bridgehead atoms. The van der Waals surface area contributed by atoms with E-state index in [-0.39, 0.29) is 49.3 Å². The number of amides is 3. The molecule has 0 spiro atoms. The van der Waals surface area contributed by atoms with Crippen LogP contribution in [-0.2, 0) is 29.2 Å². The minimum Gasteiger partial charge on any atom is -0.496 e. The first kappa shape index (κ1) is 37.6.